The highest BCUT2D eigenvalue weighted by Crippen LogP contribution is 2.41. The van der Waals surface area contributed by atoms with Crippen molar-refractivity contribution in [3.8, 4) is 0 Å². The van der Waals surface area contributed by atoms with Crippen LogP contribution in [-0.2, 0) is 28.7 Å². The molecule has 0 saturated heterocycles. The van der Waals surface area contributed by atoms with E-state index in [9.17, 15) is 29.4 Å². The lowest BCUT2D eigenvalue weighted by Crippen LogP contribution is -2.61. The van der Waals surface area contributed by atoms with E-state index in [1.165, 1.54) is 0 Å². The minimum Gasteiger partial charge on any atom is -0.464 e. The Balaban J connectivity index is 2.74. The fraction of sp³-hybridized carbons (Fsp3) is 0.800. The van der Waals surface area contributed by atoms with Gasteiger partial charge in [0, 0.05) is 0 Å². The van der Waals surface area contributed by atoms with Crippen LogP contribution in [0.5, 0.6) is 0 Å². The van der Waals surface area contributed by atoms with Crippen LogP contribution in [0, 0.1) is 5.41 Å². The first kappa shape index (κ1) is 25.8. The summed E-state index contributed by atoms with van der Waals surface area (Å²) in [5.74, 6) is -3.01. The van der Waals surface area contributed by atoms with E-state index in [4.69, 9.17) is 9.47 Å². The van der Waals surface area contributed by atoms with Gasteiger partial charge >= 0.3 is 11.9 Å². The summed E-state index contributed by atoms with van der Waals surface area (Å²) in [5.41, 5.74) is -1.48. The summed E-state index contributed by atoms with van der Waals surface area (Å²) in [5, 5.41) is 23.6. The maximum absolute atomic E-state index is 12.8. The number of hydrogen-bond donors (Lipinski definition) is 4. The van der Waals surface area contributed by atoms with Crippen LogP contribution in [0.2, 0.25) is 0 Å². The first-order valence-corrected chi connectivity index (χ1v) is 10.5. The maximum Gasteiger partial charge on any atom is 0.331 e. The maximum atomic E-state index is 12.8. The molecule has 1 fully saturated rings. The number of unbranched alkanes of at least 4 members (excludes halogenated alkanes) is 2. The van der Waals surface area contributed by atoms with Crippen molar-refractivity contribution in [2.75, 3.05) is 26.4 Å². The first-order valence-electron chi connectivity index (χ1n) is 10.5. The number of carbonyl (C=O) groups excluding carboxylic acids is 4. The van der Waals surface area contributed by atoms with Gasteiger partial charge in [0.15, 0.2) is 12.1 Å². The van der Waals surface area contributed by atoms with Gasteiger partial charge < -0.3 is 30.3 Å². The molecular weight excluding hydrogens is 396 g/mol. The van der Waals surface area contributed by atoms with Crippen LogP contribution in [0.3, 0.4) is 0 Å². The standard InChI is InChI=1S/C20H34N2O8/c1-3-5-10-29-16(25)14(12-23)21-18(27)20(8-7-9-20)19(28)22-15(13-24)17(26)30-11-6-4-2/h14-15,23-24H,3-13H2,1-2H3,(H,21,27)(H,22,28)/t14-,15-/m1/s1. The van der Waals surface area contributed by atoms with Crippen LogP contribution < -0.4 is 10.6 Å². The molecule has 0 spiro atoms. The van der Waals surface area contributed by atoms with Crippen LogP contribution in [0.15, 0.2) is 0 Å². The van der Waals surface area contributed by atoms with Gasteiger partial charge in [-0.05, 0) is 25.7 Å². The molecule has 1 aliphatic rings. The molecular formula is C20H34N2O8. The molecule has 2 atom stereocenters. The molecule has 172 valence electrons. The van der Waals surface area contributed by atoms with Crippen molar-refractivity contribution in [2.45, 2.75) is 70.9 Å². The van der Waals surface area contributed by atoms with Crippen LogP contribution in [0.1, 0.15) is 58.8 Å². The molecule has 30 heavy (non-hydrogen) atoms. The summed E-state index contributed by atoms with van der Waals surface area (Å²) in [6.07, 6.45) is 3.99. The van der Waals surface area contributed by atoms with E-state index < -0.39 is 54.5 Å². The number of ether oxygens (including phenoxy) is 2. The average molecular weight is 430 g/mol. The number of amides is 2. The summed E-state index contributed by atoms with van der Waals surface area (Å²) in [4.78, 5) is 49.6. The SMILES string of the molecule is CCCCOC(=O)[C@@H](CO)NC(=O)C1(C(=O)N[C@H](CO)C(=O)OCCCC)CCC1. The Labute approximate surface area is 176 Å². The zero-order valence-corrected chi connectivity index (χ0v) is 17.8. The van der Waals surface area contributed by atoms with Crippen molar-refractivity contribution < 1.29 is 38.9 Å². The largest absolute Gasteiger partial charge is 0.464 e. The summed E-state index contributed by atoms with van der Waals surface area (Å²) in [6.45, 7) is 2.86. The van der Waals surface area contributed by atoms with E-state index in [1.54, 1.807) is 0 Å². The van der Waals surface area contributed by atoms with Gasteiger partial charge in [-0.2, -0.15) is 0 Å². The molecule has 0 aromatic rings. The fourth-order valence-electron chi connectivity index (χ4n) is 2.87. The minimum absolute atomic E-state index is 0.172. The smallest absolute Gasteiger partial charge is 0.331 e. The topological polar surface area (TPSA) is 151 Å². The number of aliphatic hydroxyl groups is 2. The van der Waals surface area contributed by atoms with Crippen LogP contribution in [0.4, 0.5) is 0 Å². The van der Waals surface area contributed by atoms with E-state index in [0.717, 1.165) is 12.8 Å². The zero-order chi connectivity index (χ0) is 22.6. The molecule has 0 heterocycles. The van der Waals surface area contributed by atoms with Gasteiger partial charge in [0.05, 0.1) is 26.4 Å². The Kier molecular flexibility index (Phi) is 11.3. The molecule has 1 rings (SSSR count). The molecule has 1 aliphatic carbocycles. The predicted octanol–water partition coefficient (Wildman–Crippen LogP) is -0.202. The first-order chi connectivity index (χ1) is 14.4. The molecule has 0 aromatic carbocycles. The molecule has 0 bridgehead atoms. The van der Waals surface area contributed by atoms with Crippen LogP contribution in [-0.4, -0.2) is 72.5 Å². The number of nitrogens with one attached hydrogen (secondary N) is 2. The molecule has 0 radical (unpaired) electrons. The molecule has 2 amide bonds. The molecule has 10 heteroatoms. The molecule has 10 nitrogen and oxygen atoms in total. The zero-order valence-electron chi connectivity index (χ0n) is 17.8. The van der Waals surface area contributed by atoms with Crippen molar-refractivity contribution in [2.24, 2.45) is 5.41 Å². The van der Waals surface area contributed by atoms with E-state index >= 15 is 0 Å². The quantitative estimate of drug-likeness (QED) is 0.168. The van der Waals surface area contributed by atoms with Crippen molar-refractivity contribution in [3.63, 3.8) is 0 Å². The lowest BCUT2D eigenvalue weighted by Gasteiger charge is -2.39. The number of aliphatic hydroxyl groups excluding tert-OH is 2. The van der Waals surface area contributed by atoms with Gasteiger partial charge in [0.25, 0.3) is 0 Å². The van der Waals surface area contributed by atoms with Crippen molar-refractivity contribution in [1.82, 2.24) is 10.6 Å². The Hall–Kier alpha value is -2.20. The van der Waals surface area contributed by atoms with Gasteiger partial charge in [-0.15, -0.1) is 0 Å². The summed E-state index contributed by atoms with van der Waals surface area (Å²) in [7, 11) is 0. The second kappa shape index (κ2) is 13.2. The van der Waals surface area contributed by atoms with Gasteiger partial charge in [-0.1, -0.05) is 33.1 Å². The Morgan fingerprint density at radius 3 is 1.50 bits per heavy atom. The number of carbonyl (C=O) groups is 4. The highest BCUT2D eigenvalue weighted by molar-refractivity contribution is 6.07. The predicted molar refractivity (Wildman–Crippen MR) is 106 cm³/mol. The Morgan fingerprint density at radius 2 is 1.23 bits per heavy atom. The van der Waals surface area contributed by atoms with E-state index in [-0.39, 0.29) is 26.1 Å². The van der Waals surface area contributed by atoms with Crippen LogP contribution in [0.25, 0.3) is 0 Å². The van der Waals surface area contributed by atoms with Gasteiger partial charge in [0.2, 0.25) is 11.8 Å². The Bertz CT molecular complexity index is 545. The van der Waals surface area contributed by atoms with E-state index in [2.05, 4.69) is 10.6 Å². The third-order valence-electron chi connectivity index (χ3n) is 5.11. The highest BCUT2D eigenvalue weighted by Gasteiger charge is 2.52. The average Bonchev–Trinajstić information content (AvgIpc) is 2.69. The Morgan fingerprint density at radius 1 is 0.833 bits per heavy atom. The minimum atomic E-state index is -1.48. The van der Waals surface area contributed by atoms with Gasteiger partial charge in [0.1, 0.15) is 5.41 Å². The molecule has 0 unspecified atom stereocenters. The number of esters is 2. The summed E-state index contributed by atoms with van der Waals surface area (Å²) in [6, 6.07) is -2.57. The normalized spacial score (nSPS) is 16.5. The van der Waals surface area contributed by atoms with Crippen molar-refractivity contribution >= 4 is 23.8 Å². The van der Waals surface area contributed by atoms with E-state index in [1.807, 2.05) is 13.8 Å². The monoisotopic (exact) mass is 430 g/mol. The summed E-state index contributed by atoms with van der Waals surface area (Å²) < 4.78 is 10.0. The lowest BCUT2D eigenvalue weighted by atomic mass is 9.67. The lowest BCUT2D eigenvalue weighted by molar-refractivity contribution is -0.158. The summed E-state index contributed by atoms with van der Waals surface area (Å²) >= 11 is 0. The number of rotatable bonds is 14. The highest BCUT2D eigenvalue weighted by atomic mass is 16.5. The molecule has 0 aromatic heterocycles. The second-order valence-electron chi connectivity index (χ2n) is 7.40. The van der Waals surface area contributed by atoms with Gasteiger partial charge in [-0.25, -0.2) is 9.59 Å². The van der Waals surface area contributed by atoms with Gasteiger partial charge in [-0.3, -0.25) is 9.59 Å². The molecule has 0 aliphatic heterocycles. The molecule has 1 saturated carbocycles. The number of hydrogen-bond acceptors (Lipinski definition) is 8. The fourth-order valence-corrected chi connectivity index (χ4v) is 2.87. The second-order valence-corrected chi connectivity index (χ2v) is 7.40. The van der Waals surface area contributed by atoms with Crippen molar-refractivity contribution in [1.29, 1.82) is 0 Å². The van der Waals surface area contributed by atoms with E-state index in [0.29, 0.717) is 19.3 Å². The van der Waals surface area contributed by atoms with Crippen LogP contribution >= 0.6 is 0 Å². The third-order valence-corrected chi connectivity index (χ3v) is 5.11. The molecule has 4 N–H and O–H groups in total. The third kappa shape index (κ3) is 6.94. The van der Waals surface area contributed by atoms with Crippen molar-refractivity contribution in [3.05, 3.63) is 0 Å².